The van der Waals surface area contributed by atoms with Gasteiger partial charge in [0.05, 0.1) is 13.7 Å². The van der Waals surface area contributed by atoms with Crippen molar-refractivity contribution in [1.29, 1.82) is 0 Å². The third-order valence-corrected chi connectivity index (χ3v) is 3.56. The number of aromatic nitrogens is 2. The first kappa shape index (κ1) is 13.0. The summed E-state index contributed by atoms with van der Waals surface area (Å²) in [7, 11) is 1.69. The molecular weight excluding hydrogens is 254 g/mol. The maximum atomic E-state index is 5.69. The Labute approximate surface area is 118 Å². The number of benzene rings is 1. The van der Waals surface area contributed by atoms with Crippen LogP contribution in [-0.2, 0) is 6.42 Å². The van der Waals surface area contributed by atoms with E-state index in [9.17, 15) is 0 Å². The van der Waals surface area contributed by atoms with Crippen LogP contribution in [0.3, 0.4) is 0 Å². The van der Waals surface area contributed by atoms with Crippen molar-refractivity contribution in [2.45, 2.75) is 18.9 Å². The second-order valence-electron chi connectivity index (χ2n) is 4.83. The Balaban J connectivity index is 1.66. The number of nitrogens with one attached hydrogen (secondary N) is 2. The van der Waals surface area contributed by atoms with Crippen LogP contribution in [0.4, 0.5) is 0 Å². The molecule has 0 fully saturated rings. The van der Waals surface area contributed by atoms with Gasteiger partial charge in [-0.05, 0) is 18.2 Å². The highest BCUT2D eigenvalue weighted by molar-refractivity contribution is 5.43. The number of imidazole rings is 1. The molecule has 0 amide bonds. The Kier molecular flexibility index (Phi) is 3.87. The van der Waals surface area contributed by atoms with Crippen molar-refractivity contribution in [3.05, 3.63) is 42.0 Å². The molecule has 0 spiro atoms. The number of rotatable bonds is 5. The molecule has 2 N–H and O–H groups in total. The van der Waals surface area contributed by atoms with E-state index in [0.29, 0.717) is 6.04 Å². The van der Waals surface area contributed by atoms with Crippen LogP contribution >= 0.6 is 0 Å². The van der Waals surface area contributed by atoms with E-state index >= 15 is 0 Å². The zero-order valence-corrected chi connectivity index (χ0v) is 11.6. The molecule has 1 aliphatic heterocycles. The minimum Gasteiger partial charge on any atom is -0.497 e. The van der Waals surface area contributed by atoms with E-state index in [1.165, 1.54) is 5.56 Å². The average Bonchev–Trinajstić information content (AvgIpc) is 3.00. The summed E-state index contributed by atoms with van der Waals surface area (Å²) in [6.07, 6.45) is 5.50. The molecule has 106 valence electrons. The van der Waals surface area contributed by atoms with Crippen LogP contribution in [-0.4, -0.2) is 30.2 Å². The van der Waals surface area contributed by atoms with Gasteiger partial charge in [-0.3, -0.25) is 0 Å². The SMILES string of the molecule is COc1ccc2c(c1)C(NCCc1ncc[nH]1)CCO2. The Morgan fingerprint density at radius 2 is 2.45 bits per heavy atom. The third-order valence-electron chi connectivity index (χ3n) is 3.56. The first-order valence-electron chi connectivity index (χ1n) is 6.89. The molecule has 1 unspecified atom stereocenters. The van der Waals surface area contributed by atoms with Crippen LogP contribution in [0.15, 0.2) is 30.6 Å². The highest BCUT2D eigenvalue weighted by atomic mass is 16.5. The maximum Gasteiger partial charge on any atom is 0.124 e. The van der Waals surface area contributed by atoms with Gasteiger partial charge in [0.15, 0.2) is 0 Å². The number of methoxy groups -OCH3 is 1. The number of ether oxygens (including phenoxy) is 2. The predicted octanol–water partition coefficient (Wildman–Crippen LogP) is 2.07. The molecule has 0 bridgehead atoms. The minimum atomic E-state index is 0.309. The molecule has 1 aromatic heterocycles. The molecule has 1 aromatic carbocycles. The maximum absolute atomic E-state index is 5.69. The van der Waals surface area contributed by atoms with Gasteiger partial charge in [0, 0.05) is 43.4 Å². The van der Waals surface area contributed by atoms with Crippen LogP contribution in [0.1, 0.15) is 23.9 Å². The van der Waals surface area contributed by atoms with E-state index in [4.69, 9.17) is 9.47 Å². The Morgan fingerprint density at radius 1 is 1.50 bits per heavy atom. The fourth-order valence-corrected chi connectivity index (χ4v) is 2.51. The van der Waals surface area contributed by atoms with Crippen molar-refractivity contribution in [1.82, 2.24) is 15.3 Å². The van der Waals surface area contributed by atoms with Crippen LogP contribution in [0, 0.1) is 0 Å². The second-order valence-corrected chi connectivity index (χ2v) is 4.83. The molecule has 2 aromatic rings. The molecule has 20 heavy (non-hydrogen) atoms. The van der Waals surface area contributed by atoms with Crippen molar-refractivity contribution in [2.75, 3.05) is 20.3 Å². The highest BCUT2D eigenvalue weighted by Gasteiger charge is 2.21. The van der Waals surface area contributed by atoms with E-state index in [1.54, 1.807) is 13.3 Å². The highest BCUT2D eigenvalue weighted by Crippen LogP contribution is 2.34. The summed E-state index contributed by atoms with van der Waals surface area (Å²) in [5.74, 6) is 2.83. The van der Waals surface area contributed by atoms with E-state index in [0.717, 1.165) is 43.3 Å². The topological polar surface area (TPSA) is 59.2 Å². The second kappa shape index (κ2) is 5.96. The van der Waals surface area contributed by atoms with Crippen molar-refractivity contribution in [3.63, 3.8) is 0 Å². The van der Waals surface area contributed by atoms with Crippen molar-refractivity contribution >= 4 is 0 Å². The Hall–Kier alpha value is -2.01. The summed E-state index contributed by atoms with van der Waals surface area (Å²) in [6, 6.07) is 6.28. The number of aromatic amines is 1. The lowest BCUT2D eigenvalue weighted by Gasteiger charge is -2.27. The van der Waals surface area contributed by atoms with Gasteiger partial charge in [-0.1, -0.05) is 0 Å². The van der Waals surface area contributed by atoms with Crippen molar-refractivity contribution in [3.8, 4) is 11.5 Å². The third kappa shape index (κ3) is 2.77. The van der Waals surface area contributed by atoms with Crippen molar-refractivity contribution in [2.24, 2.45) is 0 Å². The van der Waals surface area contributed by atoms with Crippen LogP contribution in [0.2, 0.25) is 0 Å². The summed E-state index contributed by atoms with van der Waals surface area (Å²) >= 11 is 0. The van der Waals surface area contributed by atoms with Gasteiger partial charge in [0.25, 0.3) is 0 Å². The summed E-state index contributed by atoms with van der Waals surface area (Å²) < 4.78 is 11.0. The Morgan fingerprint density at radius 3 is 3.25 bits per heavy atom. The van der Waals surface area contributed by atoms with Crippen LogP contribution in [0.25, 0.3) is 0 Å². The molecule has 5 heteroatoms. The molecule has 2 heterocycles. The van der Waals surface area contributed by atoms with Gasteiger partial charge in [-0.25, -0.2) is 4.98 Å². The van der Waals surface area contributed by atoms with E-state index < -0.39 is 0 Å². The van der Waals surface area contributed by atoms with Gasteiger partial charge in [-0.2, -0.15) is 0 Å². The molecular formula is C15H19N3O2. The van der Waals surface area contributed by atoms with Gasteiger partial charge in [-0.15, -0.1) is 0 Å². The quantitative estimate of drug-likeness (QED) is 0.875. The molecule has 1 aliphatic rings. The predicted molar refractivity (Wildman–Crippen MR) is 76.1 cm³/mol. The monoisotopic (exact) mass is 273 g/mol. The number of hydrogen-bond donors (Lipinski definition) is 2. The summed E-state index contributed by atoms with van der Waals surface area (Å²) in [6.45, 7) is 1.63. The first-order chi connectivity index (χ1) is 9.86. The fraction of sp³-hybridized carbons (Fsp3) is 0.400. The number of H-pyrrole nitrogens is 1. The number of hydrogen-bond acceptors (Lipinski definition) is 4. The molecule has 5 nitrogen and oxygen atoms in total. The van der Waals surface area contributed by atoms with E-state index in [-0.39, 0.29) is 0 Å². The zero-order valence-electron chi connectivity index (χ0n) is 11.6. The van der Waals surface area contributed by atoms with Crippen molar-refractivity contribution < 1.29 is 9.47 Å². The van der Waals surface area contributed by atoms with E-state index in [2.05, 4.69) is 21.4 Å². The summed E-state index contributed by atoms with van der Waals surface area (Å²) in [4.78, 5) is 7.35. The smallest absolute Gasteiger partial charge is 0.124 e. The van der Waals surface area contributed by atoms with E-state index in [1.807, 2.05) is 18.3 Å². The minimum absolute atomic E-state index is 0.309. The first-order valence-corrected chi connectivity index (χ1v) is 6.89. The standard InChI is InChI=1S/C15H19N3O2/c1-19-11-2-3-14-12(10-11)13(5-9-20-14)16-6-4-15-17-7-8-18-15/h2-3,7-8,10,13,16H,4-6,9H2,1H3,(H,17,18). The molecule has 0 aliphatic carbocycles. The van der Waals surface area contributed by atoms with Gasteiger partial charge in [0.1, 0.15) is 17.3 Å². The number of fused-ring (bicyclic) bond motifs is 1. The largest absolute Gasteiger partial charge is 0.497 e. The molecule has 3 rings (SSSR count). The van der Waals surface area contributed by atoms with Gasteiger partial charge >= 0.3 is 0 Å². The summed E-state index contributed by atoms with van der Waals surface area (Å²) in [5.41, 5.74) is 1.18. The van der Waals surface area contributed by atoms with Gasteiger partial charge in [0.2, 0.25) is 0 Å². The lowest BCUT2D eigenvalue weighted by molar-refractivity contribution is 0.252. The molecule has 0 radical (unpaired) electrons. The lowest BCUT2D eigenvalue weighted by Crippen LogP contribution is -2.28. The van der Waals surface area contributed by atoms with Crippen LogP contribution < -0.4 is 14.8 Å². The molecule has 0 saturated heterocycles. The van der Waals surface area contributed by atoms with Gasteiger partial charge < -0.3 is 19.8 Å². The normalized spacial score (nSPS) is 17.4. The zero-order chi connectivity index (χ0) is 13.8. The number of nitrogens with zero attached hydrogens (tertiary/aromatic N) is 1. The fourth-order valence-electron chi connectivity index (χ4n) is 2.51. The Bertz CT molecular complexity index is 554. The lowest BCUT2D eigenvalue weighted by atomic mass is 10.00. The molecule has 0 saturated carbocycles. The average molecular weight is 273 g/mol. The molecule has 1 atom stereocenters. The van der Waals surface area contributed by atoms with Crippen LogP contribution in [0.5, 0.6) is 11.5 Å². The summed E-state index contributed by atoms with van der Waals surface area (Å²) in [5, 5.41) is 3.57.